The number of ketones is 2. The molecule has 1 aromatic heterocycles. The molecule has 68 valence electrons. The molecule has 3 nitrogen and oxygen atoms in total. The Kier molecular flexibility index (Phi) is 3.31. The second kappa shape index (κ2) is 4.50. The highest BCUT2D eigenvalue weighted by Crippen LogP contribution is 2.00. The highest BCUT2D eigenvalue weighted by Gasteiger charge is 2.10. The summed E-state index contributed by atoms with van der Waals surface area (Å²) in [5, 5.41) is 0. The van der Waals surface area contributed by atoms with Gasteiger partial charge in [-0.25, -0.2) is 0 Å². The van der Waals surface area contributed by atoms with Gasteiger partial charge in [-0.15, -0.1) is 0 Å². The summed E-state index contributed by atoms with van der Waals surface area (Å²) < 4.78 is 0. The summed E-state index contributed by atoms with van der Waals surface area (Å²) in [7, 11) is 0. The molecule has 0 aliphatic carbocycles. The lowest BCUT2D eigenvalue weighted by Gasteiger charge is -1.96. The van der Waals surface area contributed by atoms with Crippen molar-refractivity contribution in [2.24, 2.45) is 0 Å². The number of aromatic nitrogens is 1. The summed E-state index contributed by atoms with van der Waals surface area (Å²) in [5.41, 5.74) is 0.365. The molecule has 1 aromatic rings. The van der Waals surface area contributed by atoms with Crippen LogP contribution in [-0.4, -0.2) is 16.6 Å². The Hall–Kier alpha value is -1.51. The number of carbonyl (C=O) groups excluding carboxylic acids is 2. The van der Waals surface area contributed by atoms with E-state index >= 15 is 0 Å². The first-order valence-corrected chi connectivity index (χ1v) is 4.20. The lowest BCUT2D eigenvalue weighted by atomic mass is 10.1. The van der Waals surface area contributed by atoms with Gasteiger partial charge in [0.05, 0.1) is 6.42 Å². The maximum Gasteiger partial charge on any atom is 0.188 e. The summed E-state index contributed by atoms with van der Waals surface area (Å²) >= 11 is 0. The van der Waals surface area contributed by atoms with Crippen molar-refractivity contribution in [2.45, 2.75) is 19.8 Å². The van der Waals surface area contributed by atoms with E-state index in [-0.39, 0.29) is 18.0 Å². The van der Waals surface area contributed by atoms with E-state index in [4.69, 9.17) is 0 Å². The van der Waals surface area contributed by atoms with E-state index in [9.17, 15) is 9.59 Å². The van der Waals surface area contributed by atoms with Crippen LogP contribution in [0.2, 0.25) is 0 Å². The minimum Gasteiger partial charge on any atom is -0.299 e. The topological polar surface area (TPSA) is 47.0 Å². The molecule has 13 heavy (non-hydrogen) atoms. The zero-order valence-corrected chi connectivity index (χ0v) is 7.49. The van der Waals surface area contributed by atoms with Crippen molar-refractivity contribution in [3.63, 3.8) is 0 Å². The van der Waals surface area contributed by atoms with E-state index in [0.29, 0.717) is 12.1 Å². The minimum absolute atomic E-state index is 0.0342. The molecule has 0 spiro atoms. The molecule has 1 heterocycles. The van der Waals surface area contributed by atoms with Crippen molar-refractivity contribution < 1.29 is 9.59 Å². The quantitative estimate of drug-likeness (QED) is 0.518. The first-order valence-electron chi connectivity index (χ1n) is 4.20. The van der Waals surface area contributed by atoms with E-state index in [2.05, 4.69) is 4.98 Å². The lowest BCUT2D eigenvalue weighted by molar-refractivity contribution is -0.117. The molecule has 0 fully saturated rings. The average Bonchev–Trinajstić information content (AvgIpc) is 2.19. The third-order valence-corrected chi connectivity index (χ3v) is 1.70. The van der Waals surface area contributed by atoms with E-state index in [1.54, 1.807) is 31.3 Å². The van der Waals surface area contributed by atoms with Gasteiger partial charge in [0.15, 0.2) is 5.78 Å². The molecule has 1 rings (SSSR count). The highest BCUT2D eigenvalue weighted by atomic mass is 16.1. The van der Waals surface area contributed by atoms with Crippen LogP contribution in [0.3, 0.4) is 0 Å². The molecule has 0 unspecified atom stereocenters. The summed E-state index contributed by atoms with van der Waals surface area (Å²) in [6, 6.07) is 5.08. The third kappa shape index (κ3) is 2.78. The number of rotatable bonds is 4. The standard InChI is InChI=1S/C10H11NO2/c1-2-8(12)7-10(13)9-5-3-4-6-11-9/h3-6H,2,7H2,1H3. The van der Waals surface area contributed by atoms with Gasteiger partial charge in [0.25, 0.3) is 0 Å². The van der Waals surface area contributed by atoms with E-state index < -0.39 is 0 Å². The molecule has 0 amide bonds. The van der Waals surface area contributed by atoms with E-state index in [1.165, 1.54) is 0 Å². The summed E-state index contributed by atoms with van der Waals surface area (Å²) in [6.45, 7) is 1.74. The molecule has 0 N–H and O–H groups in total. The van der Waals surface area contributed by atoms with Crippen LogP contribution in [0.1, 0.15) is 30.3 Å². The van der Waals surface area contributed by atoms with Gasteiger partial charge in [0, 0.05) is 12.6 Å². The zero-order chi connectivity index (χ0) is 9.68. The van der Waals surface area contributed by atoms with Gasteiger partial charge in [0.2, 0.25) is 0 Å². The zero-order valence-electron chi connectivity index (χ0n) is 7.49. The van der Waals surface area contributed by atoms with Crippen LogP contribution in [-0.2, 0) is 4.79 Å². The number of hydrogen-bond donors (Lipinski definition) is 0. The molecule has 3 heteroatoms. The lowest BCUT2D eigenvalue weighted by Crippen LogP contribution is -2.08. The van der Waals surface area contributed by atoms with Gasteiger partial charge in [-0.05, 0) is 12.1 Å². The summed E-state index contributed by atoms with van der Waals surface area (Å²) in [6.07, 6.45) is 1.91. The number of carbonyl (C=O) groups is 2. The Morgan fingerprint density at radius 3 is 2.69 bits per heavy atom. The smallest absolute Gasteiger partial charge is 0.188 e. The molecule has 0 saturated heterocycles. The average molecular weight is 177 g/mol. The van der Waals surface area contributed by atoms with Crippen molar-refractivity contribution in [2.75, 3.05) is 0 Å². The predicted octanol–water partition coefficient (Wildman–Crippen LogP) is 1.63. The Morgan fingerprint density at radius 1 is 1.38 bits per heavy atom. The minimum atomic E-state index is -0.201. The Bertz CT molecular complexity index is 306. The van der Waals surface area contributed by atoms with Gasteiger partial charge in [-0.2, -0.15) is 0 Å². The van der Waals surface area contributed by atoms with E-state index in [0.717, 1.165) is 0 Å². The number of pyridine rings is 1. The first kappa shape index (κ1) is 9.58. The Labute approximate surface area is 76.8 Å². The molecule has 0 radical (unpaired) electrons. The van der Waals surface area contributed by atoms with Crippen molar-refractivity contribution in [1.82, 2.24) is 4.98 Å². The molecule has 0 aromatic carbocycles. The molecule has 0 saturated carbocycles. The second-order valence-corrected chi connectivity index (χ2v) is 2.71. The largest absolute Gasteiger partial charge is 0.299 e. The Balaban J connectivity index is 2.65. The van der Waals surface area contributed by atoms with Crippen LogP contribution < -0.4 is 0 Å². The fraction of sp³-hybridized carbons (Fsp3) is 0.300. The van der Waals surface area contributed by atoms with Crippen LogP contribution in [0.25, 0.3) is 0 Å². The van der Waals surface area contributed by atoms with Crippen LogP contribution in [0.4, 0.5) is 0 Å². The van der Waals surface area contributed by atoms with Crippen molar-refractivity contribution in [1.29, 1.82) is 0 Å². The van der Waals surface area contributed by atoms with E-state index in [1.807, 2.05) is 0 Å². The predicted molar refractivity (Wildman–Crippen MR) is 48.5 cm³/mol. The second-order valence-electron chi connectivity index (χ2n) is 2.71. The van der Waals surface area contributed by atoms with Crippen LogP contribution >= 0.6 is 0 Å². The van der Waals surface area contributed by atoms with Gasteiger partial charge in [0.1, 0.15) is 11.5 Å². The van der Waals surface area contributed by atoms with Gasteiger partial charge in [-0.3, -0.25) is 14.6 Å². The monoisotopic (exact) mass is 177 g/mol. The molecule has 0 aliphatic rings. The Morgan fingerprint density at radius 2 is 2.15 bits per heavy atom. The number of nitrogens with zero attached hydrogens (tertiary/aromatic N) is 1. The maximum atomic E-state index is 11.3. The third-order valence-electron chi connectivity index (χ3n) is 1.70. The van der Waals surface area contributed by atoms with Crippen LogP contribution in [0, 0.1) is 0 Å². The van der Waals surface area contributed by atoms with Crippen molar-refractivity contribution in [3.05, 3.63) is 30.1 Å². The van der Waals surface area contributed by atoms with Crippen LogP contribution in [0.15, 0.2) is 24.4 Å². The summed E-state index contributed by atoms with van der Waals surface area (Å²) in [4.78, 5) is 26.1. The normalized spacial score (nSPS) is 9.62. The molecular weight excluding hydrogens is 166 g/mol. The highest BCUT2D eigenvalue weighted by molar-refractivity contribution is 6.06. The van der Waals surface area contributed by atoms with Crippen LogP contribution in [0.5, 0.6) is 0 Å². The van der Waals surface area contributed by atoms with Gasteiger partial charge < -0.3 is 0 Å². The fourth-order valence-corrected chi connectivity index (χ4v) is 0.922. The SMILES string of the molecule is CCC(=O)CC(=O)c1ccccn1. The molecule has 0 atom stereocenters. The molecular formula is C10H11NO2. The number of Topliss-reactive ketones (excluding diaryl/α,β-unsaturated/α-hetero) is 2. The summed E-state index contributed by atoms with van der Waals surface area (Å²) in [5.74, 6) is -0.247. The first-order chi connectivity index (χ1) is 6.24. The van der Waals surface area contributed by atoms with Crippen molar-refractivity contribution >= 4 is 11.6 Å². The molecule has 0 bridgehead atoms. The van der Waals surface area contributed by atoms with Gasteiger partial charge >= 0.3 is 0 Å². The molecule has 0 aliphatic heterocycles. The fourth-order valence-electron chi connectivity index (χ4n) is 0.922. The number of hydrogen-bond acceptors (Lipinski definition) is 3. The van der Waals surface area contributed by atoms with Crippen molar-refractivity contribution in [3.8, 4) is 0 Å². The maximum absolute atomic E-state index is 11.3. The van der Waals surface area contributed by atoms with Gasteiger partial charge in [-0.1, -0.05) is 13.0 Å².